The largest absolute Gasteiger partial charge is 0.490 e. The summed E-state index contributed by atoms with van der Waals surface area (Å²) in [4.78, 5) is 12.1. The molecule has 0 bridgehead atoms. The standard InChI is InChI=1S/C14H17N7O2/c1-9(2)23-11-6-4-5-10-13(11)14(17-20(10)3)16-12(22)7-21-8-15-18-19-21/h4-6,8-9H,7H2,1-3H3,(H,16,17,22). The highest BCUT2D eigenvalue weighted by atomic mass is 16.5. The predicted molar refractivity (Wildman–Crippen MR) is 82.9 cm³/mol. The molecule has 2 aromatic heterocycles. The van der Waals surface area contributed by atoms with Crippen molar-refractivity contribution in [2.45, 2.75) is 26.5 Å². The van der Waals surface area contributed by atoms with Gasteiger partial charge in [-0.2, -0.15) is 5.10 Å². The first-order valence-electron chi connectivity index (χ1n) is 7.17. The molecule has 0 saturated carbocycles. The van der Waals surface area contributed by atoms with Crippen molar-refractivity contribution in [3.63, 3.8) is 0 Å². The third-order valence-electron chi connectivity index (χ3n) is 3.16. The Balaban J connectivity index is 1.92. The van der Waals surface area contributed by atoms with Crippen molar-refractivity contribution < 1.29 is 9.53 Å². The maximum absolute atomic E-state index is 12.1. The summed E-state index contributed by atoms with van der Waals surface area (Å²) in [6.07, 6.45) is 1.40. The van der Waals surface area contributed by atoms with Crippen LogP contribution in [0.4, 0.5) is 5.82 Å². The van der Waals surface area contributed by atoms with E-state index in [1.807, 2.05) is 39.1 Å². The number of aryl methyl sites for hydroxylation is 1. The third kappa shape index (κ3) is 3.12. The second-order valence-corrected chi connectivity index (χ2v) is 5.34. The van der Waals surface area contributed by atoms with Crippen LogP contribution in [0.1, 0.15) is 13.8 Å². The van der Waals surface area contributed by atoms with Crippen molar-refractivity contribution in [1.29, 1.82) is 0 Å². The van der Waals surface area contributed by atoms with Gasteiger partial charge in [0.25, 0.3) is 0 Å². The van der Waals surface area contributed by atoms with Crippen LogP contribution in [-0.2, 0) is 18.4 Å². The molecule has 0 aliphatic carbocycles. The average molecular weight is 315 g/mol. The van der Waals surface area contributed by atoms with Crippen molar-refractivity contribution in [2.24, 2.45) is 7.05 Å². The average Bonchev–Trinajstić information content (AvgIpc) is 3.08. The van der Waals surface area contributed by atoms with E-state index in [0.29, 0.717) is 11.6 Å². The molecule has 0 saturated heterocycles. The number of ether oxygens (including phenoxy) is 1. The number of nitrogens with zero attached hydrogens (tertiary/aromatic N) is 6. The number of carbonyl (C=O) groups excluding carboxylic acids is 1. The van der Waals surface area contributed by atoms with Gasteiger partial charge in [-0.05, 0) is 36.4 Å². The summed E-state index contributed by atoms with van der Waals surface area (Å²) in [5.41, 5.74) is 0.876. The summed E-state index contributed by atoms with van der Waals surface area (Å²) >= 11 is 0. The molecule has 3 rings (SSSR count). The fourth-order valence-electron chi connectivity index (χ4n) is 2.29. The van der Waals surface area contributed by atoms with Crippen molar-refractivity contribution in [3.05, 3.63) is 24.5 Å². The summed E-state index contributed by atoms with van der Waals surface area (Å²) in [7, 11) is 1.82. The van der Waals surface area contributed by atoms with Gasteiger partial charge in [0.15, 0.2) is 5.82 Å². The number of benzene rings is 1. The topological polar surface area (TPSA) is 99.8 Å². The second-order valence-electron chi connectivity index (χ2n) is 5.34. The molecule has 0 spiro atoms. The van der Waals surface area contributed by atoms with Gasteiger partial charge in [0.05, 0.1) is 17.0 Å². The molecule has 0 radical (unpaired) electrons. The van der Waals surface area contributed by atoms with Gasteiger partial charge in [-0.1, -0.05) is 6.07 Å². The first-order valence-corrected chi connectivity index (χ1v) is 7.17. The molecule has 2 heterocycles. The van der Waals surface area contributed by atoms with Crippen LogP contribution in [0.25, 0.3) is 10.9 Å². The minimum atomic E-state index is -0.267. The number of nitrogens with one attached hydrogen (secondary N) is 1. The van der Waals surface area contributed by atoms with Gasteiger partial charge in [-0.25, -0.2) is 4.68 Å². The highest BCUT2D eigenvalue weighted by molar-refractivity contribution is 6.02. The number of amides is 1. The Labute approximate surface area is 132 Å². The lowest BCUT2D eigenvalue weighted by molar-refractivity contribution is -0.116. The second kappa shape index (κ2) is 6.03. The maximum Gasteiger partial charge on any atom is 0.247 e. The Morgan fingerprint density at radius 3 is 2.91 bits per heavy atom. The van der Waals surface area contributed by atoms with E-state index in [1.165, 1.54) is 11.0 Å². The Bertz CT molecular complexity index is 823. The SMILES string of the molecule is CC(C)Oc1cccc2c1c(NC(=O)Cn1cnnn1)nn2C. The number of tetrazole rings is 1. The van der Waals surface area contributed by atoms with Gasteiger partial charge >= 0.3 is 0 Å². The highest BCUT2D eigenvalue weighted by Gasteiger charge is 2.17. The van der Waals surface area contributed by atoms with Crippen LogP contribution < -0.4 is 10.1 Å². The number of anilines is 1. The fraction of sp³-hybridized carbons (Fsp3) is 0.357. The van der Waals surface area contributed by atoms with Gasteiger partial charge < -0.3 is 10.1 Å². The van der Waals surface area contributed by atoms with E-state index >= 15 is 0 Å². The Hall–Kier alpha value is -2.97. The van der Waals surface area contributed by atoms with Crippen molar-refractivity contribution in [1.82, 2.24) is 30.0 Å². The summed E-state index contributed by atoms with van der Waals surface area (Å²) < 4.78 is 8.87. The van der Waals surface area contributed by atoms with E-state index in [0.717, 1.165) is 10.9 Å². The number of aromatic nitrogens is 6. The predicted octanol–water partition coefficient (Wildman–Crippen LogP) is 0.986. The van der Waals surface area contributed by atoms with Crippen LogP contribution in [0.5, 0.6) is 5.75 Å². The molecule has 0 fully saturated rings. The van der Waals surface area contributed by atoms with E-state index in [9.17, 15) is 4.79 Å². The first kappa shape index (κ1) is 14.9. The van der Waals surface area contributed by atoms with Gasteiger partial charge in [0, 0.05) is 7.05 Å². The van der Waals surface area contributed by atoms with Crippen LogP contribution in [0.3, 0.4) is 0 Å². The third-order valence-corrected chi connectivity index (χ3v) is 3.16. The molecule has 0 aliphatic heterocycles. The molecule has 23 heavy (non-hydrogen) atoms. The fourth-order valence-corrected chi connectivity index (χ4v) is 2.29. The van der Waals surface area contributed by atoms with Gasteiger partial charge in [-0.15, -0.1) is 5.10 Å². The zero-order chi connectivity index (χ0) is 16.4. The molecule has 1 aromatic carbocycles. The van der Waals surface area contributed by atoms with Gasteiger partial charge in [0.2, 0.25) is 5.91 Å². The number of fused-ring (bicyclic) bond motifs is 1. The molecule has 0 unspecified atom stereocenters. The molecule has 0 atom stereocenters. The molecular weight excluding hydrogens is 298 g/mol. The van der Waals surface area contributed by atoms with Crippen LogP contribution in [0.15, 0.2) is 24.5 Å². The lowest BCUT2D eigenvalue weighted by Crippen LogP contribution is -2.19. The molecule has 120 valence electrons. The Morgan fingerprint density at radius 2 is 2.22 bits per heavy atom. The van der Waals surface area contributed by atoms with Crippen LogP contribution in [-0.4, -0.2) is 42.0 Å². The van der Waals surface area contributed by atoms with Crippen LogP contribution in [0.2, 0.25) is 0 Å². The van der Waals surface area contributed by atoms with Gasteiger partial charge in [-0.3, -0.25) is 9.48 Å². The number of carbonyl (C=O) groups is 1. The van der Waals surface area contributed by atoms with Crippen LogP contribution in [0, 0.1) is 0 Å². The molecule has 9 heteroatoms. The van der Waals surface area contributed by atoms with E-state index in [-0.39, 0.29) is 18.6 Å². The Morgan fingerprint density at radius 1 is 1.39 bits per heavy atom. The molecule has 9 nitrogen and oxygen atoms in total. The number of hydrogen-bond acceptors (Lipinski definition) is 6. The zero-order valence-corrected chi connectivity index (χ0v) is 13.1. The van der Waals surface area contributed by atoms with E-state index in [1.54, 1.807) is 4.68 Å². The van der Waals surface area contributed by atoms with Crippen molar-refractivity contribution >= 4 is 22.6 Å². The first-order chi connectivity index (χ1) is 11.0. The molecule has 3 aromatic rings. The minimum Gasteiger partial charge on any atom is -0.490 e. The number of rotatable bonds is 5. The smallest absolute Gasteiger partial charge is 0.247 e. The number of hydrogen-bond donors (Lipinski definition) is 1. The van der Waals surface area contributed by atoms with E-state index < -0.39 is 0 Å². The van der Waals surface area contributed by atoms with E-state index in [4.69, 9.17) is 4.74 Å². The lowest BCUT2D eigenvalue weighted by atomic mass is 10.2. The summed E-state index contributed by atoms with van der Waals surface area (Å²) in [5, 5.41) is 18.6. The lowest BCUT2D eigenvalue weighted by Gasteiger charge is -2.11. The van der Waals surface area contributed by atoms with Gasteiger partial charge in [0.1, 0.15) is 18.6 Å². The summed E-state index contributed by atoms with van der Waals surface area (Å²) in [5.74, 6) is 0.872. The quantitative estimate of drug-likeness (QED) is 0.753. The van der Waals surface area contributed by atoms with Crippen molar-refractivity contribution in [2.75, 3.05) is 5.32 Å². The minimum absolute atomic E-state index is 0.0122. The molecule has 0 aliphatic rings. The Kier molecular flexibility index (Phi) is 3.92. The normalized spacial score (nSPS) is 11.1. The van der Waals surface area contributed by atoms with Crippen molar-refractivity contribution in [3.8, 4) is 5.75 Å². The molecular formula is C14H17N7O2. The maximum atomic E-state index is 12.1. The molecule has 1 amide bonds. The summed E-state index contributed by atoms with van der Waals surface area (Å²) in [6, 6.07) is 5.68. The zero-order valence-electron chi connectivity index (χ0n) is 13.1. The monoisotopic (exact) mass is 315 g/mol. The highest BCUT2D eigenvalue weighted by Crippen LogP contribution is 2.32. The summed E-state index contributed by atoms with van der Waals surface area (Å²) in [6.45, 7) is 3.91. The molecule has 1 N–H and O–H groups in total. The van der Waals surface area contributed by atoms with Crippen LogP contribution >= 0.6 is 0 Å². The van der Waals surface area contributed by atoms with E-state index in [2.05, 4.69) is 25.9 Å².